The Balaban J connectivity index is 2.04. The molecule has 0 saturated heterocycles. The molecule has 0 radical (unpaired) electrons. The number of rotatable bonds is 10. The van der Waals surface area contributed by atoms with Gasteiger partial charge in [0, 0.05) is 23.3 Å². The summed E-state index contributed by atoms with van der Waals surface area (Å²) in [5.74, 6) is 1.61. The van der Waals surface area contributed by atoms with Gasteiger partial charge in [0.25, 0.3) is 0 Å². The number of likely N-dealkylation sites (N-methyl/N-ethyl adjacent to an activating group) is 1. The first kappa shape index (κ1) is 23.3. The Kier molecular flexibility index (Phi) is 9.54. The van der Waals surface area contributed by atoms with Crippen LogP contribution in [0.3, 0.4) is 0 Å². The van der Waals surface area contributed by atoms with E-state index in [1.165, 1.54) is 0 Å². The van der Waals surface area contributed by atoms with Gasteiger partial charge in [0.15, 0.2) is 0 Å². The highest BCUT2D eigenvalue weighted by molar-refractivity contribution is 9.10. The van der Waals surface area contributed by atoms with Crippen molar-refractivity contribution < 1.29 is 14.3 Å². The first-order valence-corrected chi connectivity index (χ1v) is 11.4. The molecule has 0 spiro atoms. The Morgan fingerprint density at radius 1 is 1.10 bits per heavy atom. The lowest BCUT2D eigenvalue weighted by Gasteiger charge is -2.28. The number of nitrogens with zero attached hydrogens (tertiary/aromatic N) is 1. The summed E-state index contributed by atoms with van der Waals surface area (Å²) in [6.07, 6.45) is 0. The van der Waals surface area contributed by atoms with Gasteiger partial charge in [-0.3, -0.25) is 9.59 Å². The fourth-order valence-corrected chi connectivity index (χ4v) is 3.89. The van der Waals surface area contributed by atoms with Crippen molar-refractivity contribution in [3.8, 4) is 5.75 Å². The van der Waals surface area contributed by atoms with Crippen LogP contribution in [-0.4, -0.2) is 42.2 Å². The molecular weight excluding hydrogens is 452 g/mol. The van der Waals surface area contributed by atoms with Crippen molar-refractivity contribution in [3.63, 3.8) is 0 Å². The minimum absolute atomic E-state index is 0.0540. The number of thioether (sulfide) groups is 1. The average Bonchev–Trinajstić information content (AvgIpc) is 2.73. The summed E-state index contributed by atoms with van der Waals surface area (Å²) in [6, 6.07) is 15.1. The maximum atomic E-state index is 13.0. The van der Waals surface area contributed by atoms with Crippen LogP contribution in [0.2, 0.25) is 0 Å². The normalized spacial score (nSPS) is 11.6. The van der Waals surface area contributed by atoms with Crippen LogP contribution in [-0.2, 0) is 21.9 Å². The molecule has 0 fully saturated rings. The molecule has 156 valence electrons. The van der Waals surface area contributed by atoms with E-state index in [0.29, 0.717) is 18.8 Å². The van der Waals surface area contributed by atoms with Crippen molar-refractivity contribution in [1.82, 2.24) is 10.2 Å². The van der Waals surface area contributed by atoms with E-state index in [1.807, 2.05) is 55.5 Å². The Labute approximate surface area is 185 Å². The SMILES string of the molecule is CCNC(=O)[C@H](C)N(Cc1ccc(OC)cc1)C(=O)CSCc1ccc(Br)cc1. The lowest BCUT2D eigenvalue weighted by molar-refractivity contribution is -0.138. The van der Waals surface area contributed by atoms with Crippen LogP contribution in [0.25, 0.3) is 0 Å². The number of amides is 2. The zero-order chi connectivity index (χ0) is 21.2. The summed E-state index contributed by atoms with van der Waals surface area (Å²) < 4.78 is 6.22. The van der Waals surface area contributed by atoms with Crippen LogP contribution in [0.1, 0.15) is 25.0 Å². The number of halogens is 1. The summed E-state index contributed by atoms with van der Waals surface area (Å²) in [4.78, 5) is 27.0. The number of hydrogen-bond acceptors (Lipinski definition) is 4. The largest absolute Gasteiger partial charge is 0.497 e. The number of carbonyl (C=O) groups is 2. The van der Waals surface area contributed by atoms with Crippen LogP contribution in [0, 0.1) is 0 Å². The van der Waals surface area contributed by atoms with E-state index in [1.54, 1.807) is 30.7 Å². The van der Waals surface area contributed by atoms with Gasteiger partial charge < -0.3 is 15.0 Å². The van der Waals surface area contributed by atoms with E-state index >= 15 is 0 Å². The Morgan fingerprint density at radius 3 is 2.31 bits per heavy atom. The van der Waals surface area contributed by atoms with Gasteiger partial charge in [-0.15, -0.1) is 11.8 Å². The highest BCUT2D eigenvalue weighted by atomic mass is 79.9. The van der Waals surface area contributed by atoms with E-state index in [9.17, 15) is 9.59 Å². The average molecular weight is 479 g/mol. The molecule has 2 rings (SSSR count). The van der Waals surface area contributed by atoms with Crippen molar-refractivity contribution >= 4 is 39.5 Å². The van der Waals surface area contributed by atoms with E-state index in [2.05, 4.69) is 21.2 Å². The molecule has 0 aliphatic carbocycles. The molecule has 1 N–H and O–H groups in total. The highest BCUT2D eigenvalue weighted by Gasteiger charge is 2.25. The Morgan fingerprint density at radius 2 is 1.72 bits per heavy atom. The van der Waals surface area contributed by atoms with Crippen LogP contribution >= 0.6 is 27.7 Å². The minimum Gasteiger partial charge on any atom is -0.497 e. The number of ether oxygens (including phenoxy) is 1. The third-order valence-electron chi connectivity index (χ3n) is 4.44. The van der Waals surface area contributed by atoms with E-state index in [0.717, 1.165) is 27.1 Å². The molecule has 5 nitrogen and oxygen atoms in total. The quantitative estimate of drug-likeness (QED) is 0.554. The number of methoxy groups -OCH3 is 1. The van der Waals surface area contributed by atoms with Crippen molar-refractivity contribution in [2.45, 2.75) is 32.2 Å². The highest BCUT2D eigenvalue weighted by Crippen LogP contribution is 2.19. The molecule has 29 heavy (non-hydrogen) atoms. The van der Waals surface area contributed by atoms with Gasteiger partial charge in [-0.05, 0) is 49.2 Å². The van der Waals surface area contributed by atoms with Gasteiger partial charge in [-0.1, -0.05) is 40.2 Å². The molecule has 2 aromatic rings. The predicted octanol–water partition coefficient (Wildman–Crippen LogP) is 4.24. The van der Waals surface area contributed by atoms with Gasteiger partial charge in [-0.25, -0.2) is 0 Å². The Bertz CT molecular complexity index is 797. The maximum Gasteiger partial charge on any atom is 0.242 e. The van der Waals surface area contributed by atoms with Crippen LogP contribution < -0.4 is 10.1 Å². The van der Waals surface area contributed by atoms with E-state index in [4.69, 9.17) is 4.74 Å². The van der Waals surface area contributed by atoms with Crippen molar-refractivity contribution in [2.75, 3.05) is 19.4 Å². The number of carbonyl (C=O) groups excluding carboxylic acids is 2. The van der Waals surface area contributed by atoms with Crippen LogP contribution in [0.5, 0.6) is 5.75 Å². The number of hydrogen-bond donors (Lipinski definition) is 1. The summed E-state index contributed by atoms with van der Waals surface area (Å²) in [5, 5.41) is 2.81. The third-order valence-corrected chi connectivity index (χ3v) is 5.95. The zero-order valence-electron chi connectivity index (χ0n) is 17.0. The van der Waals surface area contributed by atoms with E-state index in [-0.39, 0.29) is 11.8 Å². The van der Waals surface area contributed by atoms with E-state index < -0.39 is 6.04 Å². The molecule has 1 atom stereocenters. The molecular formula is C22H27BrN2O3S. The van der Waals surface area contributed by atoms with Crippen molar-refractivity contribution in [1.29, 1.82) is 0 Å². The van der Waals surface area contributed by atoms with Gasteiger partial charge in [0.05, 0.1) is 12.9 Å². The van der Waals surface area contributed by atoms with Crippen molar-refractivity contribution in [2.24, 2.45) is 0 Å². The van der Waals surface area contributed by atoms with Crippen molar-refractivity contribution in [3.05, 3.63) is 64.1 Å². The summed E-state index contributed by atoms with van der Waals surface area (Å²) in [5.41, 5.74) is 2.11. The monoisotopic (exact) mass is 478 g/mol. The molecule has 0 aliphatic heterocycles. The summed E-state index contributed by atoms with van der Waals surface area (Å²) in [7, 11) is 1.62. The molecule has 0 aliphatic rings. The molecule has 0 saturated carbocycles. The second-order valence-electron chi connectivity index (χ2n) is 6.56. The molecule has 7 heteroatoms. The fraction of sp³-hybridized carbons (Fsp3) is 0.364. The number of benzene rings is 2. The smallest absolute Gasteiger partial charge is 0.242 e. The second-order valence-corrected chi connectivity index (χ2v) is 8.46. The van der Waals surface area contributed by atoms with Crippen LogP contribution in [0.4, 0.5) is 0 Å². The van der Waals surface area contributed by atoms with Gasteiger partial charge in [-0.2, -0.15) is 0 Å². The molecule has 0 heterocycles. The topological polar surface area (TPSA) is 58.6 Å². The molecule has 0 bridgehead atoms. The third kappa shape index (κ3) is 7.40. The van der Waals surface area contributed by atoms with Gasteiger partial charge in [0.2, 0.25) is 11.8 Å². The molecule has 2 amide bonds. The second kappa shape index (κ2) is 11.9. The number of nitrogens with one attached hydrogen (secondary N) is 1. The molecule has 2 aromatic carbocycles. The zero-order valence-corrected chi connectivity index (χ0v) is 19.4. The molecule has 0 aromatic heterocycles. The summed E-state index contributed by atoms with van der Waals surface area (Å²) >= 11 is 4.97. The fourth-order valence-electron chi connectivity index (χ4n) is 2.75. The standard InChI is InChI=1S/C22H27BrN2O3S/c1-4-24-22(27)16(2)25(13-17-7-11-20(28-3)12-8-17)21(26)15-29-14-18-5-9-19(23)10-6-18/h5-12,16H,4,13-15H2,1-3H3,(H,24,27)/t16-/m0/s1. The first-order chi connectivity index (χ1) is 13.9. The summed E-state index contributed by atoms with van der Waals surface area (Å²) in [6.45, 7) is 4.55. The predicted molar refractivity (Wildman–Crippen MR) is 122 cm³/mol. The first-order valence-electron chi connectivity index (χ1n) is 9.47. The lowest BCUT2D eigenvalue weighted by Crippen LogP contribution is -2.48. The molecule has 0 unspecified atom stereocenters. The lowest BCUT2D eigenvalue weighted by atomic mass is 10.1. The van der Waals surface area contributed by atoms with Crippen LogP contribution in [0.15, 0.2) is 53.0 Å². The maximum absolute atomic E-state index is 13.0. The Hall–Kier alpha value is -1.99. The minimum atomic E-state index is -0.544. The van der Waals surface area contributed by atoms with Gasteiger partial charge in [0.1, 0.15) is 11.8 Å². The van der Waals surface area contributed by atoms with Gasteiger partial charge >= 0.3 is 0 Å².